The smallest absolute Gasteiger partial charge is 0.321 e. The van der Waals surface area contributed by atoms with Gasteiger partial charge in [0, 0.05) is 0 Å². The Morgan fingerprint density at radius 1 is 1.38 bits per heavy atom. The van der Waals surface area contributed by atoms with E-state index in [4.69, 9.17) is 9.26 Å². The zero-order valence-corrected chi connectivity index (χ0v) is 13.3. The van der Waals surface area contributed by atoms with E-state index in [0.717, 1.165) is 43.7 Å². The van der Waals surface area contributed by atoms with Gasteiger partial charge in [0.25, 0.3) is 0 Å². The van der Waals surface area contributed by atoms with Crippen LogP contribution in [0.4, 0.5) is 0 Å². The van der Waals surface area contributed by atoms with Gasteiger partial charge in [0.05, 0.1) is 11.9 Å². The second-order valence-electron chi connectivity index (χ2n) is 5.82. The first kappa shape index (κ1) is 14.9. The minimum absolute atomic E-state index is 0.200. The molecule has 6 heteroatoms. The molecule has 2 fully saturated rings. The minimum Gasteiger partial charge on any atom is -0.465 e. The summed E-state index contributed by atoms with van der Waals surface area (Å²) in [5, 5.41) is 4.47. The van der Waals surface area contributed by atoms with Gasteiger partial charge >= 0.3 is 5.97 Å². The Morgan fingerprint density at radius 2 is 2.19 bits per heavy atom. The van der Waals surface area contributed by atoms with Crippen LogP contribution in [0.5, 0.6) is 0 Å². The van der Waals surface area contributed by atoms with Crippen LogP contribution in [-0.4, -0.2) is 28.5 Å². The zero-order valence-electron chi connectivity index (χ0n) is 12.5. The summed E-state index contributed by atoms with van der Waals surface area (Å²) in [4.78, 5) is 17.0. The molecule has 1 aliphatic heterocycles. The molecular weight excluding hydrogens is 288 g/mol. The van der Waals surface area contributed by atoms with E-state index in [-0.39, 0.29) is 5.97 Å². The molecular formula is C15H22N2O3S. The fourth-order valence-electron chi connectivity index (χ4n) is 3.26. The Labute approximate surface area is 129 Å². The third kappa shape index (κ3) is 2.82. The van der Waals surface area contributed by atoms with Crippen LogP contribution < -0.4 is 0 Å². The van der Waals surface area contributed by atoms with Crippen molar-refractivity contribution in [3.63, 3.8) is 0 Å². The van der Waals surface area contributed by atoms with E-state index >= 15 is 0 Å². The molecule has 0 bridgehead atoms. The van der Waals surface area contributed by atoms with E-state index in [2.05, 4.69) is 10.1 Å². The summed E-state index contributed by atoms with van der Waals surface area (Å²) in [5.74, 6) is 2.18. The quantitative estimate of drug-likeness (QED) is 0.794. The molecule has 0 spiro atoms. The molecule has 0 aromatic carbocycles. The van der Waals surface area contributed by atoms with Crippen LogP contribution >= 0.6 is 11.8 Å². The van der Waals surface area contributed by atoms with Crippen molar-refractivity contribution < 1.29 is 14.1 Å². The van der Waals surface area contributed by atoms with Crippen molar-refractivity contribution in [3.05, 3.63) is 11.7 Å². The lowest BCUT2D eigenvalue weighted by Gasteiger charge is -2.22. The first-order valence-electron chi connectivity index (χ1n) is 7.89. The van der Waals surface area contributed by atoms with E-state index in [1.807, 2.05) is 18.7 Å². The molecule has 0 radical (unpaired) electrons. The van der Waals surface area contributed by atoms with Gasteiger partial charge in [0.1, 0.15) is 5.41 Å². The van der Waals surface area contributed by atoms with Crippen LogP contribution in [0.25, 0.3) is 0 Å². The van der Waals surface area contributed by atoms with E-state index < -0.39 is 5.41 Å². The molecule has 1 saturated carbocycles. The molecule has 0 amide bonds. The number of carbonyl (C=O) groups excluding carboxylic acids is 1. The molecule has 1 aliphatic carbocycles. The fraction of sp³-hybridized carbons (Fsp3) is 0.800. The Bertz CT molecular complexity index is 491. The third-order valence-electron chi connectivity index (χ3n) is 4.44. The van der Waals surface area contributed by atoms with Crippen molar-refractivity contribution in [1.29, 1.82) is 0 Å². The lowest BCUT2D eigenvalue weighted by atomic mass is 9.86. The van der Waals surface area contributed by atoms with Gasteiger partial charge in [-0.2, -0.15) is 16.7 Å². The summed E-state index contributed by atoms with van der Waals surface area (Å²) in [6.45, 7) is 2.22. The van der Waals surface area contributed by atoms with Crippen molar-refractivity contribution in [2.45, 2.75) is 62.5 Å². The van der Waals surface area contributed by atoms with Crippen LogP contribution in [0.1, 0.15) is 68.8 Å². The van der Waals surface area contributed by atoms with Crippen molar-refractivity contribution >= 4 is 17.7 Å². The van der Waals surface area contributed by atoms with Gasteiger partial charge < -0.3 is 9.26 Å². The molecule has 1 atom stereocenters. The summed E-state index contributed by atoms with van der Waals surface area (Å²) >= 11 is 1.89. The highest BCUT2D eigenvalue weighted by atomic mass is 32.2. The molecule has 116 valence electrons. The van der Waals surface area contributed by atoms with E-state index in [9.17, 15) is 4.79 Å². The van der Waals surface area contributed by atoms with Gasteiger partial charge in [-0.15, -0.1) is 0 Å². The maximum atomic E-state index is 12.4. The normalized spacial score (nSPS) is 24.9. The lowest BCUT2D eigenvalue weighted by molar-refractivity contribution is -0.151. The molecule has 2 aliphatic rings. The number of rotatable bonds is 4. The van der Waals surface area contributed by atoms with Gasteiger partial charge in [-0.25, -0.2) is 0 Å². The Hall–Kier alpha value is -1.04. The summed E-state index contributed by atoms with van der Waals surface area (Å²) in [7, 11) is 0. The standard InChI is InChI=1S/C15H22N2O3S/c1-2-19-14(18)15(8-4-5-9-15)13-16-12(17-20-13)11-7-3-6-10-21-11/h11H,2-10H2,1H3. The van der Waals surface area contributed by atoms with Gasteiger partial charge in [-0.3, -0.25) is 4.79 Å². The molecule has 1 saturated heterocycles. The summed E-state index contributed by atoms with van der Waals surface area (Å²) in [5.41, 5.74) is -0.694. The van der Waals surface area contributed by atoms with Crippen LogP contribution in [0.3, 0.4) is 0 Å². The second-order valence-corrected chi connectivity index (χ2v) is 7.13. The molecule has 1 aromatic rings. The molecule has 3 rings (SSSR count). The Morgan fingerprint density at radius 3 is 2.86 bits per heavy atom. The predicted octanol–water partition coefficient (Wildman–Crippen LogP) is 3.40. The van der Waals surface area contributed by atoms with Crippen molar-refractivity contribution in [2.24, 2.45) is 0 Å². The number of aromatic nitrogens is 2. The fourth-order valence-corrected chi connectivity index (χ4v) is 4.49. The first-order chi connectivity index (χ1) is 10.3. The molecule has 21 heavy (non-hydrogen) atoms. The minimum atomic E-state index is -0.694. The SMILES string of the molecule is CCOC(=O)C1(c2nc(C3CCCCS3)no2)CCCC1. The Kier molecular flexibility index (Phi) is 4.52. The molecule has 2 heterocycles. The van der Waals surface area contributed by atoms with Crippen LogP contribution in [0.15, 0.2) is 4.52 Å². The molecule has 5 nitrogen and oxygen atoms in total. The third-order valence-corrected chi connectivity index (χ3v) is 5.82. The highest BCUT2D eigenvalue weighted by molar-refractivity contribution is 7.99. The summed E-state index contributed by atoms with van der Waals surface area (Å²) < 4.78 is 10.8. The monoisotopic (exact) mass is 310 g/mol. The van der Waals surface area contributed by atoms with Crippen molar-refractivity contribution in [2.75, 3.05) is 12.4 Å². The van der Waals surface area contributed by atoms with E-state index in [0.29, 0.717) is 17.7 Å². The van der Waals surface area contributed by atoms with Crippen LogP contribution in [-0.2, 0) is 14.9 Å². The van der Waals surface area contributed by atoms with E-state index in [1.165, 1.54) is 12.8 Å². The van der Waals surface area contributed by atoms with Crippen molar-refractivity contribution in [3.8, 4) is 0 Å². The van der Waals surface area contributed by atoms with Crippen molar-refractivity contribution in [1.82, 2.24) is 10.1 Å². The molecule has 0 N–H and O–H groups in total. The molecule has 1 aromatic heterocycles. The predicted molar refractivity (Wildman–Crippen MR) is 80.1 cm³/mol. The van der Waals surface area contributed by atoms with Gasteiger partial charge in [-0.05, 0) is 38.4 Å². The second kappa shape index (κ2) is 6.38. The van der Waals surface area contributed by atoms with E-state index in [1.54, 1.807) is 0 Å². The van der Waals surface area contributed by atoms with Gasteiger partial charge in [0.15, 0.2) is 5.82 Å². The average molecular weight is 310 g/mol. The first-order valence-corrected chi connectivity index (χ1v) is 8.94. The maximum absolute atomic E-state index is 12.4. The number of hydrogen-bond acceptors (Lipinski definition) is 6. The highest BCUT2D eigenvalue weighted by Crippen LogP contribution is 2.43. The highest BCUT2D eigenvalue weighted by Gasteiger charge is 2.49. The lowest BCUT2D eigenvalue weighted by Crippen LogP contribution is -2.35. The maximum Gasteiger partial charge on any atom is 0.321 e. The van der Waals surface area contributed by atoms with Crippen LogP contribution in [0, 0.1) is 0 Å². The largest absolute Gasteiger partial charge is 0.465 e. The summed E-state index contributed by atoms with van der Waals surface area (Å²) in [6.07, 6.45) is 7.10. The Balaban J connectivity index is 1.83. The average Bonchev–Trinajstić information content (AvgIpc) is 3.18. The zero-order chi connectivity index (χ0) is 14.7. The number of carbonyl (C=O) groups is 1. The summed E-state index contributed by atoms with van der Waals surface area (Å²) in [6, 6.07) is 0. The number of ether oxygens (including phenoxy) is 1. The van der Waals surface area contributed by atoms with Gasteiger partial charge in [-0.1, -0.05) is 24.4 Å². The topological polar surface area (TPSA) is 65.2 Å². The molecule has 1 unspecified atom stereocenters. The van der Waals surface area contributed by atoms with Gasteiger partial charge in [0.2, 0.25) is 5.89 Å². The van der Waals surface area contributed by atoms with Crippen LogP contribution in [0.2, 0.25) is 0 Å². The number of nitrogens with zero attached hydrogens (tertiary/aromatic N) is 2. The number of thioether (sulfide) groups is 1. The number of esters is 1. The number of hydrogen-bond donors (Lipinski definition) is 0.